The van der Waals surface area contributed by atoms with Crippen molar-refractivity contribution in [3.05, 3.63) is 54.5 Å². The highest BCUT2D eigenvalue weighted by Gasteiger charge is 2.19. The van der Waals surface area contributed by atoms with Gasteiger partial charge in [0, 0.05) is 45.1 Å². The van der Waals surface area contributed by atoms with E-state index in [0.717, 1.165) is 37.6 Å². The molecule has 0 spiro atoms. The largest absolute Gasteiger partial charge is 0.353 e. The molecule has 0 radical (unpaired) electrons. The van der Waals surface area contributed by atoms with Crippen molar-refractivity contribution in [2.24, 2.45) is 0 Å². The number of rotatable bonds is 5. The van der Waals surface area contributed by atoms with Crippen LogP contribution in [0.15, 0.2) is 48.9 Å². The zero-order valence-corrected chi connectivity index (χ0v) is 13.1. The van der Waals surface area contributed by atoms with Crippen LogP contribution in [0.3, 0.4) is 0 Å². The normalized spacial score (nSPS) is 15.4. The van der Waals surface area contributed by atoms with Gasteiger partial charge in [-0.1, -0.05) is 30.3 Å². The minimum Gasteiger partial charge on any atom is -0.353 e. The molecule has 0 aliphatic carbocycles. The molecule has 23 heavy (non-hydrogen) atoms. The predicted octanol–water partition coefficient (Wildman–Crippen LogP) is 0.915. The van der Waals surface area contributed by atoms with Crippen LogP contribution >= 0.6 is 0 Å². The molecule has 2 heterocycles. The second kappa shape index (κ2) is 7.69. The third-order valence-corrected chi connectivity index (χ3v) is 3.95. The Balaban J connectivity index is 1.41. The maximum absolute atomic E-state index is 12.0. The monoisotopic (exact) mass is 311 g/mol. The van der Waals surface area contributed by atoms with Crippen LogP contribution in [0.4, 0.5) is 5.82 Å². The maximum atomic E-state index is 12.0. The molecule has 1 amide bonds. The summed E-state index contributed by atoms with van der Waals surface area (Å²) in [5, 5.41) is 2.97. The Bertz CT molecular complexity index is 611. The molecule has 1 aliphatic rings. The Morgan fingerprint density at radius 1 is 1.09 bits per heavy atom. The summed E-state index contributed by atoms with van der Waals surface area (Å²) in [6, 6.07) is 9.96. The third-order valence-electron chi connectivity index (χ3n) is 3.95. The van der Waals surface area contributed by atoms with E-state index in [-0.39, 0.29) is 5.91 Å². The van der Waals surface area contributed by atoms with Crippen LogP contribution in [0, 0.1) is 0 Å². The number of nitrogens with one attached hydrogen (secondary N) is 1. The van der Waals surface area contributed by atoms with Gasteiger partial charge < -0.3 is 10.2 Å². The van der Waals surface area contributed by atoms with E-state index in [4.69, 9.17) is 0 Å². The lowest BCUT2D eigenvalue weighted by Crippen LogP contribution is -2.49. The van der Waals surface area contributed by atoms with Crippen LogP contribution in [-0.4, -0.2) is 53.5 Å². The number of hydrogen-bond acceptors (Lipinski definition) is 5. The number of amides is 1. The number of carbonyl (C=O) groups is 1. The van der Waals surface area contributed by atoms with E-state index in [1.807, 2.05) is 30.3 Å². The van der Waals surface area contributed by atoms with Gasteiger partial charge in [-0.2, -0.15) is 0 Å². The highest BCUT2D eigenvalue weighted by molar-refractivity contribution is 5.78. The average molecular weight is 311 g/mol. The second-order valence-electron chi connectivity index (χ2n) is 5.59. The number of benzene rings is 1. The molecular formula is C17H21N5O. The zero-order chi connectivity index (χ0) is 15.9. The summed E-state index contributed by atoms with van der Waals surface area (Å²) in [6.45, 7) is 4.47. The molecule has 6 nitrogen and oxygen atoms in total. The van der Waals surface area contributed by atoms with E-state index >= 15 is 0 Å². The van der Waals surface area contributed by atoms with Gasteiger partial charge in [0.1, 0.15) is 5.82 Å². The lowest BCUT2D eigenvalue weighted by molar-refractivity contribution is -0.122. The molecule has 6 heteroatoms. The zero-order valence-electron chi connectivity index (χ0n) is 13.1. The van der Waals surface area contributed by atoms with E-state index in [9.17, 15) is 4.79 Å². The molecule has 1 aliphatic heterocycles. The Morgan fingerprint density at radius 2 is 1.87 bits per heavy atom. The fourth-order valence-corrected chi connectivity index (χ4v) is 2.65. The van der Waals surface area contributed by atoms with E-state index in [0.29, 0.717) is 13.1 Å². The van der Waals surface area contributed by atoms with E-state index < -0.39 is 0 Å². The summed E-state index contributed by atoms with van der Waals surface area (Å²) in [5.74, 6) is 0.975. The molecule has 0 unspecified atom stereocenters. The number of nitrogens with zero attached hydrogens (tertiary/aromatic N) is 4. The van der Waals surface area contributed by atoms with Crippen molar-refractivity contribution >= 4 is 11.7 Å². The predicted molar refractivity (Wildman–Crippen MR) is 89.0 cm³/mol. The van der Waals surface area contributed by atoms with Gasteiger partial charge >= 0.3 is 0 Å². The Kier molecular flexibility index (Phi) is 5.16. The second-order valence-corrected chi connectivity index (χ2v) is 5.59. The fourth-order valence-electron chi connectivity index (χ4n) is 2.65. The SMILES string of the molecule is O=C(CN1CCN(c2cnccn2)CC1)NCc1ccccc1. The molecule has 1 N–H and O–H groups in total. The first kappa shape index (κ1) is 15.4. The van der Waals surface area contributed by atoms with E-state index in [2.05, 4.69) is 25.1 Å². The van der Waals surface area contributed by atoms with Crippen LogP contribution in [0.25, 0.3) is 0 Å². The van der Waals surface area contributed by atoms with Crippen LogP contribution < -0.4 is 10.2 Å². The molecule has 1 aromatic carbocycles. The number of aromatic nitrogens is 2. The summed E-state index contributed by atoms with van der Waals surface area (Å²) >= 11 is 0. The number of hydrogen-bond donors (Lipinski definition) is 1. The summed E-state index contributed by atoms with van der Waals surface area (Å²) in [5.41, 5.74) is 1.12. The van der Waals surface area contributed by atoms with Crippen molar-refractivity contribution in [3.63, 3.8) is 0 Å². The molecule has 1 aromatic heterocycles. The van der Waals surface area contributed by atoms with Crippen molar-refractivity contribution in [1.82, 2.24) is 20.2 Å². The fraction of sp³-hybridized carbons (Fsp3) is 0.353. The maximum Gasteiger partial charge on any atom is 0.234 e. The Morgan fingerprint density at radius 3 is 2.57 bits per heavy atom. The average Bonchev–Trinajstić information content (AvgIpc) is 2.62. The first-order valence-corrected chi connectivity index (χ1v) is 7.85. The minimum atomic E-state index is 0.0711. The van der Waals surface area contributed by atoms with Crippen LogP contribution in [0.5, 0.6) is 0 Å². The van der Waals surface area contributed by atoms with Crippen molar-refractivity contribution in [2.75, 3.05) is 37.6 Å². The van der Waals surface area contributed by atoms with Crippen molar-refractivity contribution in [3.8, 4) is 0 Å². The van der Waals surface area contributed by atoms with Crippen molar-refractivity contribution < 1.29 is 4.79 Å². The van der Waals surface area contributed by atoms with Gasteiger partial charge in [0.15, 0.2) is 0 Å². The highest BCUT2D eigenvalue weighted by Crippen LogP contribution is 2.11. The van der Waals surface area contributed by atoms with E-state index in [1.54, 1.807) is 18.6 Å². The van der Waals surface area contributed by atoms with Gasteiger partial charge in [0.05, 0.1) is 12.7 Å². The Hall–Kier alpha value is -2.47. The molecule has 1 saturated heterocycles. The van der Waals surface area contributed by atoms with Gasteiger partial charge in [0.2, 0.25) is 5.91 Å². The first-order chi connectivity index (χ1) is 11.3. The van der Waals surface area contributed by atoms with Crippen molar-refractivity contribution in [1.29, 1.82) is 0 Å². The molecule has 2 aromatic rings. The molecule has 120 valence electrons. The Labute approximate surface area is 136 Å². The lowest BCUT2D eigenvalue weighted by Gasteiger charge is -2.34. The first-order valence-electron chi connectivity index (χ1n) is 7.85. The summed E-state index contributed by atoms with van der Waals surface area (Å²) in [4.78, 5) is 24.8. The van der Waals surface area contributed by atoms with E-state index in [1.165, 1.54) is 0 Å². The third kappa shape index (κ3) is 4.50. The molecule has 1 fully saturated rings. The number of anilines is 1. The van der Waals surface area contributed by atoms with Crippen molar-refractivity contribution in [2.45, 2.75) is 6.54 Å². The molecule has 0 bridgehead atoms. The lowest BCUT2D eigenvalue weighted by atomic mass is 10.2. The smallest absolute Gasteiger partial charge is 0.234 e. The molecule has 0 saturated carbocycles. The summed E-state index contributed by atoms with van der Waals surface area (Å²) in [6.07, 6.45) is 5.16. The van der Waals surface area contributed by atoms with Gasteiger partial charge in [0.25, 0.3) is 0 Å². The van der Waals surface area contributed by atoms with Gasteiger partial charge in [-0.05, 0) is 5.56 Å². The van der Waals surface area contributed by atoms with Gasteiger partial charge in [-0.15, -0.1) is 0 Å². The molecule has 3 rings (SSSR count). The van der Waals surface area contributed by atoms with Crippen LogP contribution in [-0.2, 0) is 11.3 Å². The summed E-state index contributed by atoms with van der Waals surface area (Å²) < 4.78 is 0. The standard InChI is InChI=1S/C17H21N5O/c23-17(20-12-15-4-2-1-3-5-15)14-21-8-10-22(11-9-21)16-13-18-6-7-19-16/h1-7,13H,8-12,14H2,(H,20,23). The topological polar surface area (TPSA) is 61.4 Å². The minimum absolute atomic E-state index is 0.0711. The number of carbonyl (C=O) groups excluding carboxylic acids is 1. The summed E-state index contributed by atoms with van der Waals surface area (Å²) in [7, 11) is 0. The van der Waals surface area contributed by atoms with Gasteiger partial charge in [-0.25, -0.2) is 4.98 Å². The highest BCUT2D eigenvalue weighted by atomic mass is 16.2. The van der Waals surface area contributed by atoms with Crippen LogP contribution in [0.1, 0.15) is 5.56 Å². The quantitative estimate of drug-likeness (QED) is 0.889. The van der Waals surface area contributed by atoms with Gasteiger partial charge in [-0.3, -0.25) is 14.7 Å². The van der Waals surface area contributed by atoms with Crippen LogP contribution in [0.2, 0.25) is 0 Å². The molecular weight excluding hydrogens is 290 g/mol. The number of piperazine rings is 1. The molecule has 0 atom stereocenters.